The van der Waals surface area contributed by atoms with E-state index in [2.05, 4.69) is 11.4 Å². The zero-order valence-corrected chi connectivity index (χ0v) is 15.6. The summed E-state index contributed by atoms with van der Waals surface area (Å²) in [6, 6.07) is 19.2. The second kappa shape index (κ2) is 9.67. The van der Waals surface area contributed by atoms with Crippen molar-refractivity contribution in [3.05, 3.63) is 71.8 Å². The van der Waals surface area contributed by atoms with Crippen molar-refractivity contribution >= 4 is 11.8 Å². The highest BCUT2D eigenvalue weighted by Gasteiger charge is 2.34. The Bertz CT molecular complexity index is 833. The predicted molar refractivity (Wildman–Crippen MR) is 104 cm³/mol. The van der Waals surface area contributed by atoms with E-state index < -0.39 is 12.1 Å². The van der Waals surface area contributed by atoms with Crippen LogP contribution in [0.4, 0.5) is 0 Å². The van der Waals surface area contributed by atoms with Crippen LogP contribution in [0.2, 0.25) is 0 Å². The number of nitrogens with one attached hydrogen (secondary N) is 1. The van der Waals surface area contributed by atoms with Crippen LogP contribution < -0.4 is 5.32 Å². The molecule has 6 nitrogen and oxygen atoms in total. The molecule has 3 rings (SSSR count). The van der Waals surface area contributed by atoms with Gasteiger partial charge in [0.2, 0.25) is 5.91 Å². The molecule has 1 unspecified atom stereocenters. The minimum atomic E-state index is -0.842. The highest BCUT2D eigenvalue weighted by atomic mass is 16.5. The lowest BCUT2D eigenvalue weighted by Crippen LogP contribution is -2.52. The fourth-order valence-electron chi connectivity index (χ4n) is 3.24. The molecule has 1 aliphatic rings. The summed E-state index contributed by atoms with van der Waals surface area (Å²) in [5, 5.41) is 12.1. The van der Waals surface area contributed by atoms with Gasteiger partial charge < -0.3 is 15.0 Å². The largest absolute Gasteiger partial charge is 0.374 e. The van der Waals surface area contributed by atoms with E-state index in [9.17, 15) is 14.9 Å². The molecule has 2 amide bonds. The zero-order chi connectivity index (χ0) is 19.8. The standard InChI is InChI=1S/C22H23N3O3/c23-14-19-12-7-13-25(19)22(27)20(16-28-15-17-8-3-1-4-9-17)24-21(26)18-10-5-2-6-11-18/h1-6,8-11,19-20H,7,12-13,15-16H2,(H,24,26)/t19?,20-/m0/s1. The van der Waals surface area contributed by atoms with Crippen molar-refractivity contribution in [1.82, 2.24) is 10.2 Å². The Morgan fingerprint density at radius 3 is 2.50 bits per heavy atom. The molecule has 0 saturated carbocycles. The minimum Gasteiger partial charge on any atom is -0.374 e. The number of hydrogen-bond donors (Lipinski definition) is 1. The summed E-state index contributed by atoms with van der Waals surface area (Å²) in [7, 11) is 0. The topological polar surface area (TPSA) is 82.4 Å². The van der Waals surface area contributed by atoms with Crippen LogP contribution in [0.15, 0.2) is 60.7 Å². The molecule has 1 aliphatic heterocycles. The molecule has 0 bridgehead atoms. The number of carbonyl (C=O) groups is 2. The molecule has 144 valence electrons. The number of amides is 2. The van der Waals surface area contributed by atoms with Gasteiger partial charge in [-0.3, -0.25) is 9.59 Å². The van der Waals surface area contributed by atoms with Crippen molar-refractivity contribution in [1.29, 1.82) is 5.26 Å². The molecule has 6 heteroatoms. The Kier molecular flexibility index (Phi) is 6.77. The Hall–Kier alpha value is -3.17. The third-order valence-corrected chi connectivity index (χ3v) is 4.72. The number of likely N-dealkylation sites (tertiary alicyclic amines) is 1. The van der Waals surface area contributed by atoms with Crippen molar-refractivity contribution < 1.29 is 14.3 Å². The van der Waals surface area contributed by atoms with Crippen molar-refractivity contribution in [3.8, 4) is 6.07 Å². The van der Waals surface area contributed by atoms with E-state index in [1.165, 1.54) is 0 Å². The quantitative estimate of drug-likeness (QED) is 0.804. The molecule has 2 aromatic carbocycles. The molecule has 1 saturated heterocycles. The lowest BCUT2D eigenvalue weighted by atomic mass is 10.1. The summed E-state index contributed by atoms with van der Waals surface area (Å²) in [6.45, 7) is 0.905. The Labute approximate surface area is 164 Å². The number of carbonyl (C=O) groups excluding carboxylic acids is 2. The van der Waals surface area contributed by atoms with Gasteiger partial charge in [0.15, 0.2) is 0 Å². The average Bonchev–Trinajstić information content (AvgIpc) is 3.22. The zero-order valence-electron chi connectivity index (χ0n) is 15.6. The first kappa shape index (κ1) is 19.6. The molecule has 1 heterocycles. The number of ether oxygens (including phenoxy) is 1. The van der Waals surface area contributed by atoms with E-state index in [0.29, 0.717) is 25.1 Å². The molecular formula is C22H23N3O3. The van der Waals surface area contributed by atoms with Gasteiger partial charge in [-0.25, -0.2) is 0 Å². The number of nitrogens with zero attached hydrogens (tertiary/aromatic N) is 2. The van der Waals surface area contributed by atoms with Crippen LogP contribution in [0.5, 0.6) is 0 Å². The average molecular weight is 377 g/mol. The van der Waals surface area contributed by atoms with E-state index >= 15 is 0 Å². The van der Waals surface area contributed by atoms with Gasteiger partial charge in [0, 0.05) is 12.1 Å². The van der Waals surface area contributed by atoms with Gasteiger partial charge in [0.1, 0.15) is 12.1 Å². The third kappa shape index (κ3) is 4.96. The summed E-state index contributed by atoms with van der Waals surface area (Å²) in [6.07, 6.45) is 1.45. The van der Waals surface area contributed by atoms with Crippen LogP contribution in [-0.4, -0.2) is 41.9 Å². The van der Waals surface area contributed by atoms with E-state index in [-0.39, 0.29) is 18.4 Å². The number of hydrogen-bond acceptors (Lipinski definition) is 4. The Balaban J connectivity index is 1.68. The molecular weight excluding hydrogens is 354 g/mol. The lowest BCUT2D eigenvalue weighted by molar-refractivity contribution is -0.134. The first-order valence-corrected chi connectivity index (χ1v) is 9.36. The van der Waals surface area contributed by atoms with E-state index in [1.807, 2.05) is 36.4 Å². The van der Waals surface area contributed by atoms with Crippen LogP contribution in [-0.2, 0) is 16.1 Å². The molecule has 0 aliphatic carbocycles. The highest BCUT2D eigenvalue weighted by molar-refractivity contribution is 5.97. The maximum atomic E-state index is 13.0. The summed E-state index contributed by atoms with van der Waals surface area (Å²) in [4.78, 5) is 27.1. The Morgan fingerprint density at radius 2 is 1.82 bits per heavy atom. The second-order valence-electron chi connectivity index (χ2n) is 6.71. The minimum absolute atomic E-state index is 0.0426. The van der Waals surface area contributed by atoms with E-state index in [0.717, 1.165) is 12.0 Å². The summed E-state index contributed by atoms with van der Waals surface area (Å²) in [5.41, 5.74) is 1.46. The van der Waals surface area contributed by atoms with Crippen molar-refractivity contribution in [2.24, 2.45) is 0 Å². The number of benzene rings is 2. The van der Waals surface area contributed by atoms with Crippen molar-refractivity contribution in [2.45, 2.75) is 31.5 Å². The van der Waals surface area contributed by atoms with Crippen molar-refractivity contribution in [2.75, 3.05) is 13.2 Å². The Morgan fingerprint density at radius 1 is 1.14 bits per heavy atom. The first-order chi connectivity index (χ1) is 13.7. The normalized spacial score (nSPS) is 17.0. The maximum absolute atomic E-state index is 13.0. The van der Waals surface area contributed by atoms with Gasteiger partial charge in [0.25, 0.3) is 5.91 Å². The number of nitriles is 1. The van der Waals surface area contributed by atoms with Gasteiger partial charge in [-0.2, -0.15) is 5.26 Å². The summed E-state index contributed by atoms with van der Waals surface area (Å²) >= 11 is 0. The molecule has 0 radical (unpaired) electrons. The fourth-order valence-corrected chi connectivity index (χ4v) is 3.24. The third-order valence-electron chi connectivity index (χ3n) is 4.72. The fraction of sp³-hybridized carbons (Fsp3) is 0.318. The summed E-state index contributed by atoms with van der Waals surface area (Å²) in [5.74, 6) is -0.614. The second-order valence-corrected chi connectivity index (χ2v) is 6.71. The van der Waals surface area contributed by atoms with Crippen molar-refractivity contribution in [3.63, 3.8) is 0 Å². The van der Waals surface area contributed by atoms with Gasteiger partial charge >= 0.3 is 0 Å². The van der Waals surface area contributed by atoms with Gasteiger partial charge in [-0.05, 0) is 30.5 Å². The maximum Gasteiger partial charge on any atom is 0.251 e. The van der Waals surface area contributed by atoms with E-state index in [4.69, 9.17) is 4.74 Å². The number of rotatable bonds is 7. The molecule has 0 spiro atoms. The molecule has 0 aromatic heterocycles. The monoisotopic (exact) mass is 377 g/mol. The SMILES string of the molecule is N#CC1CCCN1C(=O)[C@H](COCc1ccccc1)NC(=O)c1ccccc1. The van der Waals surface area contributed by atoms with E-state index in [1.54, 1.807) is 29.2 Å². The summed E-state index contributed by atoms with van der Waals surface area (Å²) < 4.78 is 5.72. The van der Waals surface area contributed by atoms with Gasteiger partial charge in [-0.1, -0.05) is 48.5 Å². The van der Waals surface area contributed by atoms with Gasteiger partial charge in [-0.15, -0.1) is 0 Å². The lowest BCUT2D eigenvalue weighted by Gasteiger charge is -2.26. The van der Waals surface area contributed by atoms with Crippen LogP contribution in [0, 0.1) is 11.3 Å². The van der Waals surface area contributed by atoms with Crippen LogP contribution in [0.1, 0.15) is 28.8 Å². The van der Waals surface area contributed by atoms with Crippen LogP contribution in [0.3, 0.4) is 0 Å². The first-order valence-electron chi connectivity index (χ1n) is 9.36. The molecule has 2 aromatic rings. The molecule has 1 fully saturated rings. The highest BCUT2D eigenvalue weighted by Crippen LogP contribution is 2.18. The smallest absolute Gasteiger partial charge is 0.251 e. The van der Waals surface area contributed by atoms with Crippen LogP contribution in [0.25, 0.3) is 0 Å². The molecule has 28 heavy (non-hydrogen) atoms. The molecule has 1 N–H and O–H groups in total. The van der Waals surface area contributed by atoms with Crippen LogP contribution >= 0.6 is 0 Å². The van der Waals surface area contributed by atoms with Gasteiger partial charge in [0.05, 0.1) is 19.3 Å². The molecule has 2 atom stereocenters. The predicted octanol–water partition coefficient (Wildman–Crippen LogP) is 2.52.